The lowest BCUT2D eigenvalue weighted by Crippen LogP contribution is -1.95. The summed E-state index contributed by atoms with van der Waals surface area (Å²) in [5.74, 6) is -1.85. The minimum Gasteiger partial charge on any atom is -0.477 e. The van der Waals surface area contributed by atoms with Gasteiger partial charge in [0.05, 0.1) is 11.3 Å². The van der Waals surface area contributed by atoms with Gasteiger partial charge in [-0.05, 0) is 28.1 Å². The molecule has 82 valence electrons. The standard InChI is InChI=1S/C9H5BrFN3O2/c10-4-1-5(8(11)12-3-4)6-2-7(9(15)16)14-13-6/h1-3H,(H,13,14)(H,15,16). The predicted octanol–water partition coefficient (Wildman–Crippen LogP) is 2.07. The van der Waals surface area contributed by atoms with E-state index in [0.29, 0.717) is 4.47 Å². The number of hydrogen-bond acceptors (Lipinski definition) is 3. The van der Waals surface area contributed by atoms with Crippen molar-refractivity contribution in [2.45, 2.75) is 0 Å². The Morgan fingerprint density at radius 2 is 2.25 bits per heavy atom. The van der Waals surface area contributed by atoms with Gasteiger partial charge in [-0.2, -0.15) is 9.49 Å². The number of carbonyl (C=O) groups is 1. The van der Waals surface area contributed by atoms with E-state index in [9.17, 15) is 9.18 Å². The molecule has 5 nitrogen and oxygen atoms in total. The number of carboxylic acids is 1. The lowest BCUT2D eigenvalue weighted by Gasteiger charge is -1.97. The van der Waals surface area contributed by atoms with Crippen molar-refractivity contribution in [3.8, 4) is 11.3 Å². The quantitative estimate of drug-likeness (QED) is 0.828. The van der Waals surface area contributed by atoms with Crippen molar-refractivity contribution in [2.24, 2.45) is 0 Å². The molecule has 0 fully saturated rings. The first kappa shape index (κ1) is 10.7. The molecule has 0 atom stereocenters. The van der Waals surface area contributed by atoms with Gasteiger partial charge < -0.3 is 5.11 Å². The van der Waals surface area contributed by atoms with Crippen LogP contribution in [-0.2, 0) is 0 Å². The fourth-order valence-corrected chi connectivity index (χ4v) is 1.50. The Bertz CT molecular complexity index is 555. The Kier molecular flexibility index (Phi) is 2.69. The SMILES string of the molecule is O=C(O)c1cc(-c2cc(Br)cnc2F)n[nH]1. The monoisotopic (exact) mass is 285 g/mol. The summed E-state index contributed by atoms with van der Waals surface area (Å²) in [6.45, 7) is 0. The molecular formula is C9H5BrFN3O2. The number of hydrogen-bond donors (Lipinski definition) is 2. The summed E-state index contributed by atoms with van der Waals surface area (Å²) in [6, 6.07) is 2.72. The van der Waals surface area contributed by atoms with Gasteiger partial charge in [-0.25, -0.2) is 9.78 Å². The highest BCUT2D eigenvalue weighted by Crippen LogP contribution is 2.23. The van der Waals surface area contributed by atoms with E-state index in [0.717, 1.165) is 0 Å². The topological polar surface area (TPSA) is 78.9 Å². The summed E-state index contributed by atoms with van der Waals surface area (Å²) in [4.78, 5) is 14.1. The number of nitrogens with zero attached hydrogens (tertiary/aromatic N) is 2. The van der Waals surface area contributed by atoms with Crippen molar-refractivity contribution in [2.75, 3.05) is 0 Å². The van der Waals surface area contributed by atoms with Crippen LogP contribution in [0, 0.1) is 5.95 Å². The summed E-state index contributed by atoms with van der Waals surface area (Å²) in [7, 11) is 0. The molecule has 2 N–H and O–H groups in total. The van der Waals surface area contributed by atoms with Gasteiger partial charge in [-0.15, -0.1) is 0 Å². The Balaban J connectivity index is 2.50. The highest BCUT2D eigenvalue weighted by molar-refractivity contribution is 9.10. The van der Waals surface area contributed by atoms with Crippen LogP contribution in [0.15, 0.2) is 22.8 Å². The Morgan fingerprint density at radius 1 is 1.50 bits per heavy atom. The lowest BCUT2D eigenvalue weighted by atomic mass is 10.2. The predicted molar refractivity (Wildman–Crippen MR) is 56.4 cm³/mol. The van der Waals surface area contributed by atoms with Gasteiger partial charge in [-0.1, -0.05) is 0 Å². The number of aromatic carboxylic acids is 1. The van der Waals surface area contributed by atoms with Crippen LogP contribution in [-0.4, -0.2) is 26.3 Å². The second-order valence-corrected chi connectivity index (χ2v) is 3.88. The molecule has 0 amide bonds. The number of carboxylic acid groups (broad SMARTS) is 1. The zero-order chi connectivity index (χ0) is 11.7. The third-order valence-electron chi connectivity index (χ3n) is 1.89. The van der Waals surface area contributed by atoms with E-state index in [4.69, 9.17) is 5.11 Å². The van der Waals surface area contributed by atoms with E-state index in [1.54, 1.807) is 0 Å². The molecule has 2 rings (SSSR count). The molecule has 2 heterocycles. The first-order valence-electron chi connectivity index (χ1n) is 4.18. The van der Waals surface area contributed by atoms with Gasteiger partial charge >= 0.3 is 5.97 Å². The molecule has 0 radical (unpaired) electrons. The van der Waals surface area contributed by atoms with Crippen LogP contribution in [0.5, 0.6) is 0 Å². The van der Waals surface area contributed by atoms with Crippen LogP contribution in [0.25, 0.3) is 11.3 Å². The van der Waals surface area contributed by atoms with Crippen molar-refractivity contribution in [1.82, 2.24) is 15.2 Å². The van der Waals surface area contributed by atoms with Gasteiger partial charge in [0.15, 0.2) is 0 Å². The van der Waals surface area contributed by atoms with Gasteiger partial charge in [-0.3, -0.25) is 5.10 Å². The molecule has 2 aromatic rings. The number of aromatic amines is 1. The van der Waals surface area contributed by atoms with Crippen molar-refractivity contribution in [1.29, 1.82) is 0 Å². The molecule has 0 aromatic carbocycles. The number of H-pyrrole nitrogens is 1. The second-order valence-electron chi connectivity index (χ2n) is 2.96. The van der Waals surface area contributed by atoms with Crippen molar-refractivity contribution < 1.29 is 14.3 Å². The largest absolute Gasteiger partial charge is 0.477 e. The molecule has 0 saturated carbocycles. The van der Waals surface area contributed by atoms with Gasteiger partial charge in [0, 0.05) is 10.7 Å². The van der Waals surface area contributed by atoms with E-state index >= 15 is 0 Å². The Morgan fingerprint density at radius 3 is 2.88 bits per heavy atom. The number of nitrogens with one attached hydrogen (secondary N) is 1. The fraction of sp³-hybridized carbons (Fsp3) is 0. The van der Waals surface area contributed by atoms with Crippen LogP contribution in [0.1, 0.15) is 10.5 Å². The zero-order valence-electron chi connectivity index (χ0n) is 7.74. The molecule has 0 aliphatic heterocycles. The lowest BCUT2D eigenvalue weighted by molar-refractivity contribution is 0.0690. The molecular weight excluding hydrogens is 281 g/mol. The number of pyridine rings is 1. The second kappa shape index (κ2) is 4.01. The van der Waals surface area contributed by atoms with E-state index in [1.165, 1.54) is 18.3 Å². The highest BCUT2D eigenvalue weighted by atomic mass is 79.9. The molecule has 0 bridgehead atoms. The summed E-state index contributed by atoms with van der Waals surface area (Å²) >= 11 is 3.15. The fourth-order valence-electron chi connectivity index (χ4n) is 1.17. The third-order valence-corrected chi connectivity index (χ3v) is 2.32. The maximum atomic E-state index is 13.3. The number of aromatic nitrogens is 3. The average Bonchev–Trinajstić information content (AvgIpc) is 2.70. The molecule has 0 aliphatic rings. The molecule has 0 aliphatic carbocycles. The van der Waals surface area contributed by atoms with Gasteiger partial charge in [0.1, 0.15) is 5.69 Å². The summed E-state index contributed by atoms with van der Waals surface area (Å²) in [6.07, 6.45) is 1.31. The molecule has 0 saturated heterocycles. The van der Waals surface area contributed by atoms with Gasteiger partial charge in [0.25, 0.3) is 0 Å². The summed E-state index contributed by atoms with van der Waals surface area (Å²) in [5.41, 5.74) is 0.233. The van der Waals surface area contributed by atoms with E-state index in [1.807, 2.05) is 0 Å². The summed E-state index contributed by atoms with van der Waals surface area (Å²) < 4.78 is 13.9. The molecule has 16 heavy (non-hydrogen) atoms. The maximum Gasteiger partial charge on any atom is 0.353 e. The Labute approximate surface area is 97.5 Å². The number of halogens is 2. The van der Waals surface area contributed by atoms with Crippen LogP contribution in [0.2, 0.25) is 0 Å². The Hall–Kier alpha value is -1.76. The molecule has 2 aromatic heterocycles. The van der Waals surface area contributed by atoms with Gasteiger partial charge in [0.2, 0.25) is 5.95 Å². The van der Waals surface area contributed by atoms with E-state index < -0.39 is 11.9 Å². The molecule has 0 spiro atoms. The maximum absolute atomic E-state index is 13.3. The smallest absolute Gasteiger partial charge is 0.353 e. The third kappa shape index (κ3) is 1.94. The minimum absolute atomic E-state index is 0.102. The van der Waals surface area contributed by atoms with Crippen molar-refractivity contribution in [3.05, 3.63) is 34.4 Å². The normalized spacial score (nSPS) is 10.4. The van der Waals surface area contributed by atoms with E-state index in [2.05, 4.69) is 31.1 Å². The van der Waals surface area contributed by atoms with Crippen molar-refractivity contribution >= 4 is 21.9 Å². The van der Waals surface area contributed by atoms with Crippen LogP contribution < -0.4 is 0 Å². The van der Waals surface area contributed by atoms with Crippen LogP contribution in [0.3, 0.4) is 0 Å². The first-order valence-corrected chi connectivity index (χ1v) is 4.97. The highest BCUT2D eigenvalue weighted by Gasteiger charge is 2.13. The molecule has 0 unspecified atom stereocenters. The number of rotatable bonds is 2. The molecule has 7 heteroatoms. The van der Waals surface area contributed by atoms with E-state index in [-0.39, 0.29) is 17.0 Å². The minimum atomic E-state index is -1.15. The van der Waals surface area contributed by atoms with Crippen LogP contribution >= 0.6 is 15.9 Å². The zero-order valence-corrected chi connectivity index (χ0v) is 9.32. The average molecular weight is 286 g/mol. The first-order chi connectivity index (χ1) is 7.58. The van der Waals surface area contributed by atoms with Crippen LogP contribution in [0.4, 0.5) is 4.39 Å². The summed E-state index contributed by atoms with van der Waals surface area (Å²) in [5, 5.41) is 14.7. The van der Waals surface area contributed by atoms with Crippen molar-refractivity contribution in [3.63, 3.8) is 0 Å².